The highest BCUT2D eigenvalue weighted by atomic mass is 16.4. The normalized spacial score (nSPS) is 10.4. The highest BCUT2D eigenvalue weighted by molar-refractivity contribution is 5.62. The van der Waals surface area contributed by atoms with E-state index in [9.17, 15) is 0 Å². The lowest BCUT2D eigenvalue weighted by Gasteiger charge is -2.21. The molecular formula is C26H58N2O2. The number of carboxylic acids is 1. The van der Waals surface area contributed by atoms with E-state index in [1.165, 1.54) is 116 Å². The molecular weight excluding hydrogens is 372 g/mol. The van der Waals surface area contributed by atoms with Gasteiger partial charge in [0.05, 0.1) is 0 Å². The van der Waals surface area contributed by atoms with Crippen molar-refractivity contribution < 1.29 is 9.90 Å². The van der Waals surface area contributed by atoms with Crippen molar-refractivity contribution in [3.63, 3.8) is 0 Å². The van der Waals surface area contributed by atoms with Crippen LogP contribution in [0, 0.1) is 0 Å². The molecule has 0 aliphatic rings. The third-order valence-electron chi connectivity index (χ3n) is 4.97. The number of unbranched alkanes of at least 4 members (excludes halogenated alkanes) is 6. The fourth-order valence-electron chi connectivity index (χ4n) is 2.96. The number of hydrogen-bond acceptors (Lipinski definition) is 3. The molecule has 0 radical (unpaired) electrons. The van der Waals surface area contributed by atoms with E-state index in [4.69, 9.17) is 9.90 Å². The van der Waals surface area contributed by atoms with Crippen LogP contribution in [0.2, 0.25) is 0 Å². The van der Waals surface area contributed by atoms with Crippen LogP contribution in [0.5, 0.6) is 0 Å². The van der Waals surface area contributed by atoms with E-state index in [0.717, 1.165) is 6.92 Å². The Balaban J connectivity index is -0.000000412. The van der Waals surface area contributed by atoms with Crippen LogP contribution in [-0.4, -0.2) is 60.1 Å². The van der Waals surface area contributed by atoms with Gasteiger partial charge in [-0.1, -0.05) is 80.1 Å². The van der Waals surface area contributed by atoms with Crippen molar-refractivity contribution in [2.75, 3.05) is 39.3 Å². The molecule has 30 heavy (non-hydrogen) atoms. The molecule has 0 atom stereocenters. The van der Waals surface area contributed by atoms with E-state index >= 15 is 0 Å². The molecule has 0 aliphatic heterocycles. The smallest absolute Gasteiger partial charge is 0.300 e. The summed E-state index contributed by atoms with van der Waals surface area (Å²) >= 11 is 0. The predicted octanol–water partition coefficient (Wildman–Crippen LogP) is 7.47. The predicted molar refractivity (Wildman–Crippen MR) is 136 cm³/mol. The minimum Gasteiger partial charge on any atom is -0.481 e. The van der Waals surface area contributed by atoms with Crippen molar-refractivity contribution in [3.8, 4) is 0 Å². The third-order valence-corrected chi connectivity index (χ3v) is 4.97. The summed E-state index contributed by atoms with van der Waals surface area (Å²) in [7, 11) is 0. The number of carboxylic acid groups (broad SMARTS) is 1. The van der Waals surface area contributed by atoms with Crippen molar-refractivity contribution in [3.05, 3.63) is 0 Å². The number of aliphatic carboxylic acids is 1. The molecule has 0 aromatic carbocycles. The molecule has 184 valence electrons. The van der Waals surface area contributed by atoms with Gasteiger partial charge in [-0.25, -0.2) is 0 Å². The summed E-state index contributed by atoms with van der Waals surface area (Å²) in [5.41, 5.74) is 0. The van der Waals surface area contributed by atoms with Crippen molar-refractivity contribution in [1.82, 2.24) is 9.80 Å². The van der Waals surface area contributed by atoms with Gasteiger partial charge in [-0.15, -0.1) is 0 Å². The van der Waals surface area contributed by atoms with Crippen molar-refractivity contribution in [2.45, 2.75) is 126 Å². The molecule has 0 heterocycles. The molecule has 0 amide bonds. The van der Waals surface area contributed by atoms with Gasteiger partial charge in [0.15, 0.2) is 0 Å². The van der Waals surface area contributed by atoms with E-state index in [1.807, 2.05) is 0 Å². The second-order valence-electron chi connectivity index (χ2n) is 8.32. The van der Waals surface area contributed by atoms with Gasteiger partial charge in [0.1, 0.15) is 0 Å². The molecule has 0 unspecified atom stereocenters. The topological polar surface area (TPSA) is 43.8 Å². The first-order valence-electron chi connectivity index (χ1n) is 13.1. The summed E-state index contributed by atoms with van der Waals surface area (Å²) in [6, 6.07) is 0. The Bertz CT molecular complexity index is 245. The van der Waals surface area contributed by atoms with Gasteiger partial charge >= 0.3 is 0 Å². The fraction of sp³-hybridized carbons (Fsp3) is 0.962. The van der Waals surface area contributed by atoms with Crippen LogP contribution in [-0.2, 0) is 4.79 Å². The summed E-state index contributed by atoms with van der Waals surface area (Å²) in [5.74, 6) is -0.833. The van der Waals surface area contributed by atoms with E-state index < -0.39 is 5.97 Å². The third kappa shape index (κ3) is 34.9. The van der Waals surface area contributed by atoms with Crippen LogP contribution in [0.25, 0.3) is 0 Å². The summed E-state index contributed by atoms with van der Waals surface area (Å²) in [6.07, 6.45) is 16.2. The summed E-state index contributed by atoms with van der Waals surface area (Å²) in [4.78, 5) is 14.3. The average Bonchev–Trinajstić information content (AvgIpc) is 2.72. The molecule has 4 nitrogen and oxygen atoms in total. The van der Waals surface area contributed by atoms with Crippen LogP contribution in [0.3, 0.4) is 0 Å². The molecule has 1 N–H and O–H groups in total. The Morgan fingerprint density at radius 2 is 0.633 bits per heavy atom. The Hall–Kier alpha value is -0.610. The summed E-state index contributed by atoms with van der Waals surface area (Å²) in [6.45, 7) is 22.6. The summed E-state index contributed by atoms with van der Waals surface area (Å²) in [5, 5.41) is 7.42. The minimum atomic E-state index is -0.833. The SMILES string of the molecule is CC(=O)O.CCCCN(CCCC)CCCC.CCCCN(CCCC)CCCC. The van der Waals surface area contributed by atoms with Gasteiger partial charge in [0.2, 0.25) is 0 Å². The summed E-state index contributed by atoms with van der Waals surface area (Å²) < 4.78 is 0. The molecule has 0 aromatic heterocycles. The highest BCUT2D eigenvalue weighted by Crippen LogP contribution is 2.02. The van der Waals surface area contributed by atoms with E-state index in [1.54, 1.807) is 0 Å². The Labute approximate surface area is 190 Å². The van der Waals surface area contributed by atoms with Crippen LogP contribution in [0.1, 0.15) is 126 Å². The molecule has 0 aromatic rings. The molecule has 0 spiro atoms. The maximum absolute atomic E-state index is 9.00. The van der Waals surface area contributed by atoms with Crippen molar-refractivity contribution in [2.24, 2.45) is 0 Å². The number of hydrogen-bond donors (Lipinski definition) is 1. The second kappa shape index (κ2) is 30.6. The lowest BCUT2D eigenvalue weighted by atomic mass is 10.2. The van der Waals surface area contributed by atoms with Crippen LogP contribution < -0.4 is 0 Å². The quantitative estimate of drug-likeness (QED) is 0.245. The first-order chi connectivity index (χ1) is 14.4. The van der Waals surface area contributed by atoms with Crippen LogP contribution in [0.15, 0.2) is 0 Å². The zero-order chi connectivity index (χ0) is 23.5. The number of rotatable bonds is 18. The fourth-order valence-corrected chi connectivity index (χ4v) is 2.96. The standard InChI is InChI=1S/2C12H27N.C2H4O2/c2*1-4-7-10-13(11-8-5-2)12-9-6-3;1-2(3)4/h2*4-12H2,1-3H3;1H3,(H,3,4). The molecule has 0 rings (SSSR count). The first-order valence-corrected chi connectivity index (χ1v) is 13.1. The Kier molecular flexibility index (Phi) is 34.7. The Morgan fingerprint density at radius 1 is 0.500 bits per heavy atom. The largest absolute Gasteiger partial charge is 0.481 e. The lowest BCUT2D eigenvalue weighted by Crippen LogP contribution is -2.27. The van der Waals surface area contributed by atoms with Gasteiger partial charge in [-0.2, -0.15) is 0 Å². The minimum absolute atomic E-state index is 0.833. The highest BCUT2D eigenvalue weighted by Gasteiger charge is 2.02. The molecule has 0 bridgehead atoms. The number of carbonyl (C=O) groups is 1. The van der Waals surface area contributed by atoms with Gasteiger partial charge in [0, 0.05) is 6.92 Å². The number of nitrogens with zero attached hydrogens (tertiary/aromatic N) is 2. The monoisotopic (exact) mass is 430 g/mol. The van der Waals surface area contributed by atoms with Crippen molar-refractivity contribution in [1.29, 1.82) is 0 Å². The van der Waals surface area contributed by atoms with E-state index in [0.29, 0.717) is 0 Å². The molecule has 4 heteroatoms. The molecule has 0 fully saturated rings. The van der Waals surface area contributed by atoms with Gasteiger partial charge in [0.25, 0.3) is 5.97 Å². The zero-order valence-electron chi connectivity index (χ0n) is 22.0. The molecule has 0 saturated carbocycles. The van der Waals surface area contributed by atoms with Gasteiger partial charge in [-0.05, 0) is 77.8 Å². The molecule has 0 saturated heterocycles. The lowest BCUT2D eigenvalue weighted by molar-refractivity contribution is -0.134. The first kappa shape index (κ1) is 34.0. The second-order valence-corrected chi connectivity index (χ2v) is 8.32. The average molecular weight is 431 g/mol. The zero-order valence-corrected chi connectivity index (χ0v) is 22.0. The maximum Gasteiger partial charge on any atom is 0.300 e. The van der Waals surface area contributed by atoms with E-state index in [2.05, 4.69) is 51.3 Å². The van der Waals surface area contributed by atoms with Crippen LogP contribution in [0.4, 0.5) is 0 Å². The van der Waals surface area contributed by atoms with Crippen LogP contribution >= 0.6 is 0 Å². The van der Waals surface area contributed by atoms with Gasteiger partial charge in [-0.3, -0.25) is 4.79 Å². The van der Waals surface area contributed by atoms with Gasteiger partial charge < -0.3 is 14.9 Å². The Morgan fingerprint density at radius 3 is 0.733 bits per heavy atom. The van der Waals surface area contributed by atoms with Crippen molar-refractivity contribution >= 4 is 5.97 Å². The molecule has 0 aliphatic carbocycles. The van der Waals surface area contributed by atoms with E-state index in [-0.39, 0.29) is 0 Å². The maximum atomic E-state index is 9.00.